The van der Waals surface area contributed by atoms with E-state index >= 15 is 0 Å². The number of nitrogens with one attached hydrogen (secondary N) is 1. The minimum atomic E-state index is -1.19. The van der Waals surface area contributed by atoms with Crippen LogP contribution >= 0.6 is 0 Å². The minimum absolute atomic E-state index is 0.146. The summed E-state index contributed by atoms with van der Waals surface area (Å²) in [5, 5.41) is 12.1. The average Bonchev–Trinajstić information content (AvgIpc) is 2.99. The lowest BCUT2D eigenvalue weighted by Crippen LogP contribution is -2.50. The van der Waals surface area contributed by atoms with Crippen molar-refractivity contribution in [3.8, 4) is 0 Å². The number of rotatable bonds is 8. The summed E-state index contributed by atoms with van der Waals surface area (Å²) in [5.41, 5.74) is 1.43. The number of hydrogen-bond acceptors (Lipinski definition) is 4. The molecule has 2 N–H and O–H groups in total. The zero-order valence-electron chi connectivity index (χ0n) is 16.0. The van der Waals surface area contributed by atoms with Gasteiger partial charge >= 0.3 is 5.97 Å². The molecule has 7 nitrogen and oxygen atoms in total. The molecular weight excluding hydrogens is 372 g/mol. The van der Waals surface area contributed by atoms with Crippen LogP contribution in [0.3, 0.4) is 0 Å². The number of aliphatic carboxylic acids is 1. The van der Waals surface area contributed by atoms with Crippen molar-refractivity contribution in [2.75, 3.05) is 7.05 Å². The number of imide groups is 1. The van der Waals surface area contributed by atoms with Crippen LogP contribution in [0.4, 0.5) is 0 Å². The maximum absolute atomic E-state index is 12.8. The van der Waals surface area contributed by atoms with E-state index in [4.69, 9.17) is 0 Å². The summed E-state index contributed by atoms with van der Waals surface area (Å²) in [6, 6.07) is 14.6. The lowest BCUT2D eigenvalue weighted by molar-refractivity contribution is -0.143. The summed E-state index contributed by atoms with van der Waals surface area (Å²) < 4.78 is 0. The van der Waals surface area contributed by atoms with Crippen molar-refractivity contribution in [1.82, 2.24) is 10.2 Å². The molecule has 3 rings (SSSR count). The standard InChI is InChI=1S/C22H22N2O5/c1-23-19(25)18(24-20(26)16-9-5-6-10-17(16)21(24)27)13-15(22(28)29)12-11-14-7-3-2-4-8-14/h2-10,15,18H,11-13H2,1H3,(H,23,25)(H,28,29). The van der Waals surface area contributed by atoms with Gasteiger partial charge in [0.25, 0.3) is 11.8 Å². The van der Waals surface area contributed by atoms with E-state index in [0.717, 1.165) is 10.5 Å². The normalized spacial score (nSPS) is 15.0. The molecule has 0 radical (unpaired) electrons. The Bertz CT molecular complexity index is 906. The number of carboxylic acid groups (broad SMARTS) is 1. The molecule has 29 heavy (non-hydrogen) atoms. The van der Waals surface area contributed by atoms with Crippen molar-refractivity contribution in [3.05, 3.63) is 71.3 Å². The number of likely N-dealkylation sites (N-methyl/N-ethyl adjacent to an activating group) is 1. The van der Waals surface area contributed by atoms with E-state index in [0.29, 0.717) is 6.42 Å². The number of fused-ring (bicyclic) bond motifs is 1. The van der Waals surface area contributed by atoms with E-state index in [2.05, 4.69) is 5.32 Å². The van der Waals surface area contributed by atoms with E-state index in [1.54, 1.807) is 12.1 Å². The Balaban J connectivity index is 1.83. The minimum Gasteiger partial charge on any atom is -0.481 e. The van der Waals surface area contributed by atoms with Crippen LogP contribution in [0.2, 0.25) is 0 Å². The van der Waals surface area contributed by atoms with Gasteiger partial charge in [0, 0.05) is 7.05 Å². The molecule has 0 saturated carbocycles. The lowest BCUT2D eigenvalue weighted by atomic mass is 9.92. The molecule has 2 aromatic carbocycles. The van der Waals surface area contributed by atoms with Gasteiger partial charge in [-0.15, -0.1) is 0 Å². The fraction of sp³-hybridized carbons (Fsp3) is 0.273. The van der Waals surface area contributed by atoms with Crippen LogP contribution in [-0.4, -0.2) is 46.8 Å². The van der Waals surface area contributed by atoms with Crippen molar-refractivity contribution >= 4 is 23.7 Å². The third-order valence-corrected chi connectivity index (χ3v) is 5.17. The van der Waals surface area contributed by atoms with E-state index in [1.165, 1.54) is 19.2 Å². The Morgan fingerprint density at radius 2 is 1.52 bits per heavy atom. The summed E-state index contributed by atoms with van der Waals surface area (Å²) in [6.07, 6.45) is 0.656. The molecule has 2 unspecified atom stereocenters. The van der Waals surface area contributed by atoms with Gasteiger partial charge < -0.3 is 10.4 Å². The molecule has 1 aliphatic rings. The van der Waals surface area contributed by atoms with Crippen LogP contribution in [0.5, 0.6) is 0 Å². The maximum Gasteiger partial charge on any atom is 0.306 e. The molecular formula is C22H22N2O5. The number of carboxylic acids is 1. The highest BCUT2D eigenvalue weighted by Gasteiger charge is 2.43. The van der Waals surface area contributed by atoms with Crippen molar-refractivity contribution in [1.29, 1.82) is 0 Å². The number of nitrogens with zero attached hydrogens (tertiary/aromatic N) is 1. The second kappa shape index (κ2) is 8.68. The number of benzene rings is 2. The highest BCUT2D eigenvalue weighted by molar-refractivity contribution is 6.22. The maximum atomic E-state index is 12.8. The molecule has 0 fully saturated rings. The molecule has 2 aromatic rings. The predicted octanol–water partition coefficient (Wildman–Crippen LogP) is 2.12. The van der Waals surface area contributed by atoms with Gasteiger partial charge in [0.15, 0.2) is 0 Å². The van der Waals surface area contributed by atoms with Gasteiger partial charge in [0.2, 0.25) is 5.91 Å². The van der Waals surface area contributed by atoms with E-state index in [-0.39, 0.29) is 24.0 Å². The molecule has 0 saturated heterocycles. The molecule has 2 atom stereocenters. The van der Waals surface area contributed by atoms with Gasteiger partial charge in [-0.3, -0.25) is 24.1 Å². The Morgan fingerprint density at radius 1 is 0.966 bits per heavy atom. The Hall–Kier alpha value is -3.48. The highest BCUT2D eigenvalue weighted by atomic mass is 16.4. The smallest absolute Gasteiger partial charge is 0.306 e. The van der Waals surface area contributed by atoms with Gasteiger partial charge in [0.1, 0.15) is 6.04 Å². The molecule has 0 spiro atoms. The second-order valence-electron chi connectivity index (χ2n) is 6.95. The third-order valence-electron chi connectivity index (χ3n) is 5.17. The first-order chi connectivity index (χ1) is 13.9. The number of carbonyl (C=O) groups is 4. The zero-order chi connectivity index (χ0) is 21.0. The van der Waals surface area contributed by atoms with Crippen molar-refractivity contribution < 1.29 is 24.3 Å². The summed E-state index contributed by atoms with van der Waals surface area (Å²) in [4.78, 5) is 50.8. The third kappa shape index (κ3) is 4.18. The van der Waals surface area contributed by atoms with Gasteiger partial charge in [-0.25, -0.2) is 0 Å². The molecule has 150 valence electrons. The van der Waals surface area contributed by atoms with Gasteiger partial charge in [-0.1, -0.05) is 42.5 Å². The average molecular weight is 394 g/mol. The Kier molecular flexibility index (Phi) is 6.07. The summed E-state index contributed by atoms with van der Waals surface area (Å²) in [5.74, 6) is -3.67. The van der Waals surface area contributed by atoms with E-state index < -0.39 is 35.7 Å². The highest BCUT2D eigenvalue weighted by Crippen LogP contribution is 2.28. The first-order valence-electron chi connectivity index (χ1n) is 9.39. The number of amides is 3. The van der Waals surface area contributed by atoms with Gasteiger partial charge in [-0.2, -0.15) is 0 Å². The van der Waals surface area contributed by atoms with Crippen LogP contribution in [0, 0.1) is 5.92 Å². The SMILES string of the molecule is CNC(=O)C(CC(CCc1ccccc1)C(=O)O)N1C(=O)c2ccccc2C1=O. The van der Waals surface area contributed by atoms with Crippen molar-refractivity contribution in [3.63, 3.8) is 0 Å². The van der Waals surface area contributed by atoms with Crippen molar-refractivity contribution in [2.24, 2.45) is 5.92 Å². The Labute approximate surface area is 168 Å². The van der Waals surface area contributed by atoms with Crippen LogP contribution < -0.4 is 5.32 Å². The largest absolute Gasteiger partial charge is 0.481 e. The summed E-state index contributed by atoms with van der Waals surface area (Å²) in [6.45, 7) is 0. The summed E-state index contributed by atoms with van der Waals surface area (Å²) in [7, 11) is 1.40. The van der Waals surface area contributed by atoms with Crippen LogP contribution in [0.25, 0.3) is 0 Å². The lowest BCUT2D eigenvalue weighted by Gasteiger charge is -2.27. The summed E-state index contributed by atoms with van der Waals surface area (Å²) >= 11 is 0. The fourth-order valence-electron chi connectivity index (χ4n) is 3.58. The molecule has 7 heteroatoms. The number of carbonyl (C=O) groups excluding carboxylic acids is 3. The monoisotopic (exact) mass is 394 g/mol. The quantitative estimate of drug-likeness (QED) is 0.668. The second-order valence-corrected chi connectivity index (χ2v) is 6.95. The molecule has 0 bridgehead atoms. The van der Waals surface area contributed by atoms with Gasteiger partial charge in [0.05, 0.1) is 17.0 Å². The van der Waals surface area contributed by atoms with Crippen LogP contribution in [-0.2, 0) is 16.0 Å². The molecule has 0 aromatic heterocycles. The predicted molar refractivity (Wildman–Crippen MR) is 105 cm³/mol. The first kappa shape index (κ1) is 20.3. The van der Waals surface area contributed by atoms with Crippen LogP contribution in [0.15, 0.2) is 54.6 Å². The molecule has 0 aliphatic carbocycles. The molecule has 1 aliphatic heterocycles. The van der Waals surface area contributed by atoms with E-state index in [1.807, 2.05) is 30.3 Å². The number of hydrogen-bond donors (Lipinski definition) is 2. The zero-order valence-corrected chi connectivity index (χ0v) is 16.0. The van der Waals surface area contributed by atoms with Crippen LogP contribution in [0.1, 0.15) is 39.1 Å². The van der Waals surface area contributed by atoms with Gasteiger partial charge in [-0.05, 0) is 37.0 Å². The fourth-order valence-corrected chi connectivity index (χ4v) is 3.58. The van der Waals surface area contributed by atoms with E-state index in [9.17, 15) is 24.3 Å². The Morgan fingerprint density at radius 3 is 2.03 bits per heavy atom. The molecule has 3 amide bonds. The number of aryl methyl sites for hydroxylation is 1. The van der Waals surface area contributed by atoms with Crippen molar-refractivity contribution in [2.45, 2.75) is 25.3 Å². The topological polar surface area (TPSA) is 104 Å². The first-order valence-corrected chi connectivity index (χ1v) is 9.39. The molecule has 1 heterocycles.